The van der Waals surface area contributed by atoms with E-state index in [-0.39, 0.29) is 12.0 Å². The van der Waals surface area contributed by atoms with E-state index in [4.69, 9.17) is 21.1 Å². The molecule has 8 heteroatoms. The van der Waals surface area contributed by atoms with Crippen LogP contribution in [0.15, 0.2) is 44.7 Å². The zero-order valence-electron chi connectivity index (χ0n) is 17.1. The van der Waals surface area contributed by atoms with E-state index in [1.54, 1.807) is 13.2 Å². The topological polar surface area (TPSA) is 59.9 Å². The van der Waals surface area contributed by atoms with Gasteiger partial charge in [-0.15, -0.1) is 0 Å². The molecule has 0 unspecified atom stereocenters. The Hall–Kier alpha value is -1.96. The Morgan fingerprint density at radius 3 is 2.83 bits per heavy atom. The Morgan fingerprint density at radius 1 is 1.37 bits per heavy atom. The molecule has 0 aliphatic carbocycles. The fourth-order valence-electron chi connectivity index (χ4n) is 2.68. The van der Waals surface area contributed by atoms with E-state index in [0.29, 0.717) is 26.6 Å². The van der Waals surface area contributed by atoms with E-state index in [9.17, 15) is 4.79 Å². The van der Waals surface area contributed by atoms with E-state index in [0.717, 1.165) is 27.7 Å². The van der Waals surface area contributed by atoms with Gasteiger partial charge in [0.1, 0.15) is 0 Å². The number of rotatable bonds is 6. The molecule has 30 heavy (non-hydrogen) atoms. The summed E-state index contributed by atoms with van der Waals surface area (Å²) >= 11 is 11.0. The number of amides is 1. The van der Waals surface area contributed by atoms with Gasteiger partial charge >= 0.3 is 0 Å². The Balaban J connectivity index is 1.88. The monoisotopic (exact) mass is 508 g/mol. The molecular weight excluding hydrogens is 488 g/mol. The summed E-state index contributed by atoms with van der Waals surface area (Å²) in [5.74, 6) is 1.05. The van der Waals surface area contributed by atoms with Crippen molar-refractivity contribution in [3.8, 4) is 11.5 Å². The van der Waals surface area contributed by atoms with Crippen LogP contribution in [0, 0.1) is 6.92 Å². The zero-order chi connectivity index (χ0) is 21.8. The van der Waals surface area contributed by atoms with Crippen molar-refractivity contribution in [2.75, 3.05) is 7.11 Å². The summed E-state index contributed by atoms with van der Waals surface area (Å²) in [7, 11) is 1.59. The third-order valence-electron chi connectivity index (χ3n) is 4.56. The van der Waals surface area contributed by atoms with E-state index in [1.807, 2.05) is 44.2 Å². The minimum Gasteiger partial charge on any atom is -0.493 e. The molecule has 1 heterocycles. The highest BCUT2D eigenvalue weighted by atomic mass is 79.9. The molecular formula is C22H22BrClN2O3S. The van der Waals surface area contributed by atoms with Crippen molar-refractivity contribution in [1.82, 2.24) is 5.32 Å². The predicted octanol–water partition coefficient (Wildman–Crippen LogP) is 6.49. The summed E-state index contributed by atoms with van der Waals surface area (Å²) in [6.07, 6.45) is 2.74. The molecule has 3 rings (SSSR count). The van der Waals surface area contributed by atoms with Gasteiger partial charge < -0.3 is 14.8 Å². The van der Waals surface area contributed by atoms with Gasteiger partial charge in [-0.25, -0.2) is 4.99 Å². The van der Waals surface area contributed by atoms with Gasteiger partial charge in [-0.05, 0) is 89.4 Å². The first kappa shape index (κ1) is 22.7. The van der Waals surface area contributed by atoms with Crippen LogP contribution in [0.1, 0.15) is 31.4 Å². The van der Waals surface area contributed by atoms with Gasteiger partial charge in [0.25, 0.3) is 5.91 Å². The van der Waals surface area contributed by atoms with E-state index in [1.165, 1.54) is 11.8 Å². The first-order valence-corrected chi connectivity index (χ1v) is 11.4. The van der Waals surface area contributed by atoms with Crippen LogP contribution in [0.25, 0.3) is 6.08 Å². The van der Waals surface area contributed by atoms with Gasteiger partial charge in [0.05, 0.1) is 28.3 Å². The lowest BCUT2D eigenvalue weighted by Crippen LogP contribution is -2.19. The van der Waals surface area contributed by atoms with Gasteiger partial charge in [-0.3, -0.25) is 4.79 Å². The van der Waals surface area contributed by atoms with Crippen molar-refractivity contribution in [2.24, 2.45) is 4.99 Å². The lowest BCUT2D eigenvalue weighted by molar-refractivity contribution is -0.115. The van der Waals surface area contributed by atoms with E-state index < -0.39 is 0 Å². The maximum Gasteiger partial charge on any atom is 0.264 e. The number of halogens is 2. The third kappa shape index (κ3) is 5.20. The summed E-state index contributed by atoms with van der Waals surface area (Å²) in [5, 5.41) is 3.95. The van der Waals surface area contributed by atoms with Crippen LogP contribution in [0.5, 0.6) is 11.5 Å². The molecule has 1 aliphatic heterocycles. The van der Waals surface area contributed by atoms with Crippen LogP contribution in [-0.4, -0.2) is 24.3 Å². The summed E-state index contributed by atoms with van der Waals surface area (Å²) in [6.45, 7) is 5.96. The molecule has 0 saturated carbocycles. The van der Waals surface area contributed by atoms with Crippen molar-refractivity contribution in [3.05, 3.63) is 55.9 Å². The largest absolute Gasteiger partial charge is 0.493 e. The molecule has 0 spiro atoms. The van der Waals surface area contributed by atoms with Crippen LogP contribution in [-0.2, 0) is 4.79 Å². The fourth-order valence-corrected chi connectivity index (χ4v) is 4.24. The number of hydrogen-bond acceptors (Lipinski definition) is 5. The number of carbonyl (C=O) groups is 1. The molecule has 1 atom stereocenters. The van der Waals surface area contributed by atoms with Gasteiger partial charge in [0.2, 0.25) is 0 Å². The normalized spacial score (nSPS) is 17.3. The number of thioether (sulfide) groups is 1. The van der Waals surface area contributed by atoms with Crippen LogP contribution in [0.2, 0.25) is 5.02 Å². The van der Waals surface area contributed by atoms with Crippen LogP contribution in [0.3, 0.4) is 0 Å². The Morgan fingerprint density at radius 2 is 2.13 bits per heavy atom. The molecule has 1 saturated heterocycles. The molecule has 158 valence electrons. The first-order chi connectivity index (χ1) is 14.3. The maximum absolute atomic E-state index is 12.4. The van der Waals surface area contributed by atoms with Crippen LogP contribution < -0.4 is 14.8 Å². The average Bonchev–Trinajstić information content (AvgIpc) is 3.05. The molecule has 1 N–H and O–H groups in total. The number of aliphatic imine (C=N–C) groups is 1. The second kappa shape index (κ2) is 9.90. The molecule has 0 aromatic heterocycles. The Bertz CT molecular complexity index is 1040. The number of nitrogens with zero attached hydrogens (tertiary/aromatic N) is 1. The Kier molecular flexibility index (Phi) is 7.50. The van der Waals surface area contributed by atoms with Crippen molar-refractivity contribution < 1.29 is 14.3 Å². The molecule has 1 amide bonds. The smallest absolute Gasteiger partial charge is 0.264 e. The van der Waals surface area contributed by atoms with Gasteiger partial charge in [0, 0.05) is 5.02 Å². The molecule has 2 aromatic rings. The number of amidine groups is 1. The summed E-state index contributed by atoms with van der Waals surface area (Å²) in [5.41, 5.74) is 2.40. The number of ether oxygens (including phenoxy) is 2. The minimum atomic E-state index is -0.201. The van der Waals surface area contributed by atoms with E-state index >= 15 is 0 Å². The number of hydrogen-bond donors (Lipinski definition) is 1. The van der Waals surface area contributed by atoms with Crippen LogP contribution in [0.4, 0.5) is 5.69 Å². The quantitative estimate of drug-likeness (QED) is 0.452. The summed E-state index contributed by atoms with van der Waals surface area (Å²) in [4.78, 5) is 17.5. The highest BCUT2D eigenvalue weighted by Gasteiger charge is 2.24. The number of benzene rings is 2. The predicted molar refractivity (Wildman–Crippen MR) is 128 cm³/mol. The number of nitrogens with one attached hydrogen (secondary N) is 1. The molecule has 0 radical (unpaired) electrons. The SMILES string of the molecule is CC[C@@H](C)Oc1c(Br)cc(/C=C2/SC(=Nc3cccc(Cl)c3C)NC2=O)cc1OC. The first-order valence-electron chi connectivity index (χ1n) is 9.41. The molecule has 0 bridgehead atoms. The standard InChI is InChI=1S/C22H22BrClN2O3S/c1-5-12(2)29-20-15(23)9-14(10-18(20)28-4)11-19-21(27)26-22(30-19)25-17-8-6-7-16(24)13(17)3/h6-12H,5H2,1-4H3,(H,25,26,27)/b19-11+/t12-/m1/s1. The van der Waals surface area contributed by atoms with Crippen molar-refractivity contribution in [3.63, 3.8) is 0 Å². The molecule has 5 nitrogen and oxygen atoms in total. The highest BCUT2D eigenvalue weighted by Crippen LogP contribution is 2.39. The van der Waals surface area contributed by atoms with Gasteiger partial charge in [0.15, 0.2) is 16.7 Å². The minimum absolute atomic E-state index is 0.0595. The second-order valence-corrected chi connectivity index (χ2v) is 9.03. The van der Waals surface area contributed by atoms with Gasteiger partial charge in [-0.2, -0.15) is 0 Å². The fraction of sp³-hybridized carbons (Fsp3) is 0.273. The third-order valence-corrected chi connectivity index (χ3v) is 6.46. The number of carbonyl (C=O) groups excluding carboxylic acids is 1. The summed E-state index contributed by atoms with van der Waals surface area (Å²) in [6, 6.07) is 9.25. The molecule has 2 aromatic carbocycles. The molecule has 1 fully saturated rings. The lowest BCUT2D eigenvalue weighted by Gasteiger charge is -2.17. The second-order valence-electron chi connectivity index (χ2n) is 6.74. The van der Waals surface area contributed by atoms with Crippen LogP contribution >= 0.6 is 39.3 Å². The molecule has 1 aliphatic rings. The maximum atomic E-state index is 12.4. The van der Waals surface area contributed by atoms with Crippen molar-refractivity contribution >= 4 is 62.1 Å². The number of methoxy groups -OCH3 is 1. The van der Waals surface area contributed by atoms with Crippen molar-refractivity contribution in [2.45, 2.75) is 33.3 Å². The highest BCUT2D eigenvalue weighted by molar-refractivity contribution is 9.10. The van der Waals surface area contributed by atoms with Crippen molar-refractivity contribution in [1.29, 1.82) is 0 Å². The van der Waals surface area contributed by atoms with Gasteiger partial charge in [-0.1, -0.05) is 24.6 Å². The van der Waals surface area contributed by atoms with E-state index in [2.05, 4.69) is 33.2 Å². The zero-order valence-corrected chi connectivity index (χ0v) is 20.2. The Labute approximate surface area is 194 Å². The lowest BCUT2D eigenvalue weighted by atomic mass is 10.1. The average molecular weight is 510 g/mol. The summed E-state index contributed by atoms with van der Waals surface area (Å²) < 4.78 is 12.2.